The quantitative estimate of drug-likeness (QED) is 0.840. The monoisotopic (exact) mass is 318 g/mol. The molecule has 0 fully saturated rings. The summed E-state index contributed by atoms with van der Waals surface area (Å²) in [6, 6.07) is 3.04. The molecule has 0 aliphatic rings. The second-order valence-corrected chi connectivity index (χ2v) is 6.12. The Hall–Kier alpha value is -1.63. The van der Waals surface area contributed by atoms with Crippen LogP contribution in [0.3, 0.4) is 0 Å². The Kier molecular flexibility index (Phi) is 4.22. The maximum Gasteiger partial charge on any atom is 0.419 e. The lowest BCUT2D eigenvalue weighted by Crippen LogP contribution is -2.09. The van der Waals surface area contributed by atoms with Crippen molar-refractivity contribution in [2.75, 3.05) is 5.73 Å². The van der Waals surface area contributed by atoms with Gasteiger partial charge in [-0.25, -0.2) is 9.37 Å². The highest BCUT2D eigenvalue weighted by molar-refractivity contribution is 7.15. The van der Waals surface area contributed by atoms with Gasteiger partial charge in [0.25, 0.3) is 0 Å². The third-order valence-electron chi connectivity index (χ3n) is 2.99. The number of alkyl halides is 3. The molecule has 0 radical (unpaired) electrons. The molecule has 1 heterocycles. The number of thiazole rings is 1. The maximum absolute atomic E-state index is 13.3. The summed E-state index contributed by atoms with van der Waals surface area (Å²) in [5, 5.41) is 0.381. The van der Waals surface area contributed by atoms with Crippen molar-refractivity contribution in [3.05, 3.63) is 45.7 Å². The summed E-state index contributed by atoms with van der Waals surface area (Å²) in [5.74, 6) is -1.14. The van der Waals surface area contributed by atoms with Crippen LogP contribution in [0.25, 0.3) is 0 Å². The normalized spacial score (nSPS) is 12.1. The van der Waals surface area contributed by atoms with E-state index in [0.717, 1.165) is 22.7 Å². The summed E-state index contributed by atoms with van der Waals surface area (Å²) in [6.07, 6.45) is -4.45. The van der Waals surface area contributed by atoms with Gasteiger partial charge in [-0.05, 0) is 23.6 Å². The summed E-state index contributed by atoms with van der Waals surface area (Å²) < 4.78 is 51.4. The molecule has 2 aromatic rings. The van der Waals surface area contributed by atoms with E-state index < -0.39 is 17.6 Å². The highest BCUT2D eigenvalue weighted by atomic mass is 32.1. The number of halogens is 4. The first-order valence-corrected chi connectivity index (χ1v) is 7.11. The highest BCUT2D eigenvalue weighted by Crippen LogP contribution is 2.34. The number of nitrogen functional groups attached to an aromatic ring is 1. The molecule has 0 spiro atoms. The Balaban J connectivity index is 2.37. The molecule has 2 N–H and O–H groups in total. The topological polar surface area (TPSA) is 38.9 Å². The van der Waals surface area contributed by atoms with Crippen LogP contribution in [0.5, 0.6) is 0 Å². The van der Waals surface area contributed by atoms with Gasteiger partial charge < -0.3 is 5.73 Å². The van der Waals surface area contributed by atoms with Gasteiger partial charge in [0.1, 0.15) is 5.82 Å². The van der Waals surface area contributed by atoms with E-state index in [9.17, 15) is 17.6 Å². The first kappa shape index (κ1) is 15.8. The van der Waals surface area contributed by atoms with Gasteiger partial charge in [0, 0.05) is 11.3 Å². The molecule has 0 unspecified atom stereocenters. The Morgan fingerprint density at radius 2 is 1.95 bits per heavy atom. The molecule has 7 heteroatoms. The van der Waals surface area contributed by atoms with E-state index in [-0.39, 0.29) is 12.3 Å². The number of aromatic nitrogens is 1. The lowest BCUT2D eigenvalue weighted by molar-refractivity contribution is -0.140. The van der Waals surface area contributed by atoms with Gasteiger partial charge in [-0.15, -0.1) is 11.3 Å². The van der Waals surface area contributed by atoms with E-state index >= 15 is 0 Å². The summed E-state index contributed by atoms with van der Waals surface area (Å²) >= 11 is 1.25. The van der Waals surface area contributed by atoms with E-state index in [0.29, 0.717) is 10.7 Å². The van der Waals surface area contributed by atoms with E-state index in [4.69, 9.17) is 5.73 Å². The van der Waals surface area contributed by atoms with Crippen LogP contribution in [0.4, 0.5) is 22.7 Å². The molecule has 1 aromatic carbocycles. The Morgan fingerprint density at radius 3 is 2.52 bits per heavy atom. The maximum atomic E-state index is 13.3. The number of anilines is 1. The summed E-state index contributed by atoms with van der Waals surface area (Å²) in [5.41, 5.74) is 5.57. The van der Waals surface area contributed by atoms with E-state index in [1.807, 2.05) is 13.8 Å². The van der Waals surface area contributed by atoms with Gasteiger partial charge in [0.2, 0.25) is 0 Å². The molecule has 2 rings (SSSR count). The van der Waals surface area contributed by atoms with Gasteiger partial charge >= 0.3 is 6.18 Å². The van der Waals surface area contributed by atoms with Gasteiger partial charge in [-0.3, -0.25) is 0 Å². The molecule has 0 aliphatic heterocycles. The first-order chi connectivity index (χ1) is 9.68. The zero-order chi connectivity index (χ0) is 15.8. The predicted octanol–water partition coefficient (Wildman–Crippen LogP) is 4.60. The molecule has 0 saturated carbocycles. The Morgan fingerprint density at radius 1 is 1.29 bits per heavy atom. The fourth-order valence-electron chi connectivity index (χ4n) is 2.05. The van der Waals surface area contributed by atoms with Crippen molar-refractivity contribution in [2.24, 2.45) is 0 Å². The van der Waals surface area contributed by atoms with Gasteiger partial charge in [0.05, 0.1) is 11.3 Å². The summed E-state index contributed by atoms with van der Waals surface area (Å²) in [7, 11) is 0. The van der Waals surface area contributed by atoms with Crippen LogP contribution < -0.4 is 5.73 Å². The van der Waals surface area contributed by atoms with Gasteiger partial charge in [-0.2, -0.15) is 13.2 Å². The molecule has 0 bridgehead atoms. The number of hydrogen-bond donors (Lipinski definition) is 1. The second-order valence-electron chi connectivity index (χ2n) is 5.00. The minimum atomic E-state index is -4.70. The molecule has 114 valence electrons. The Labute approximate surface area is 123 Å². The number of hydrogen-bond acceptors (Lipinski definition) is 3. The van der Waals surface area contributed by atoms with Crippen molar-refractivity contribution >= 4 is 16.5 Å². The molecular weight excluding hydrogens is 304 g/mol. The van der Waals surface area contributed by atoms with Crippen molar-refractivity contribution in [3.8, 4) is 0 Å². The zero-order valence-corrected chi connectivity index (χ0v) is 12.3. The highest BCUT2D eigenvalue weighted by Gasteiger charge is 2.34. The standard InChI is InChI=1S/C14H14F4N2S/c1-7(2)12-11(21-13(19)20-12)6-8-3-4-10(15)9(5-8)14(16,17)18/h3-5,7H,6H2,1-2H3,(H2,19,20). The molecular formula is C14H14F4N2S. The Bertz CT molecular complexity index is 647. The SMILES string of the molecule is CC(C)c1nc(N)sc1Cc1ccc(F)c(C(F)(F)F)c1. The fourth-order valence-corrected chi connectivity index (χ4v) is 3.07. The van der Waals surface area contributed by atoms with Crippen molar-refractivity contribution in [2.45, 2.75) is 32.4 Å². The summed E-state index contributed by atoms with van der Waals surface area (Å²) in [6.45, 7) is 3.87. The lowest BCUT2D eigenvalue weighted by Gasteiger charge is -2.10. The minimum absolute atomic E-state index is 0.121. The lowest BCUT2D eigenvalue weighted by atomic mass is 10.0. The van der Waals surface area contributed by atoms with Gasteiger partial charge in [-0.1, -0.05) is 19.9 Å². The van der Waals surface area contributed by atoms with Crippen LogP contribution >= 0.6 is 11.3 Å². The smallest absolute Gasteiger partial charge is 0.375 e. The molecule has 2 nitrogen and oxygen atoms in total. The molecule has 0 amide bonds. The summed E-state index contributed by atoms with van der Waals surface area (Å²) in [4.78, 5) is 5.00. The fraction of sp³-hybridized carbons (Fsp3) is 0.357. The molecule has 1 aromatic heterocycles. The minimum Gasteiger partial charge on any atom is -0.375 e. The van der Waals surface area contributed by atoms with Crippen molar-refractivity contribution < 1.29 is 17.6 Å². The average molecular weight is 318 g/mol. The molecule has 21 heavy (non-hydrogen) atoms. The van der Waals surface area contributed by atoms with Crippen molar-refractivity contribution in [1.82, 2.24) is 4.98 Å². The molecule has 0 aliphatic carbocycles. The zero-order valence-electron chi connectivity index (χ0n) is 11.5. The predicted molar refractivity (Wildman–Crippen MR) is 74.8 cm³/mol. The van der Waals surface area contributed by atoms with Crippen LogP contribution in [-0.4, -0.2) is 4.98 Å². The van der Waals surface area contributed by atoms with E-state index in [2.05, 4.69) is 4.98 Å². The van der Waals surface area contributed by atoms with Crippen molar-refractivity contribution in [1.29, 1.82) is 0 Å². The van der Waals surface area contributed by atoms with Crippen molar-refractivity contribution in [3.63, 3.8) is 0 Å². The number of nitrogens with two attached hydrogens (primary N) is 1. The third kappa shape index (κ3) is 3.53. The van der Waals surface area contributed by atoms with Crippen LogP contribution in [0, 0.1) is 5.82 Å². The first-order valence-electron chi connectivity index (χ1n) is 6.29. The number of rotatable bonds is 3. The van der Waals surface area contributed by atoms with Crippen LogP contribution in [0.15, 0.2) is 18.2 Å². The largest absolute Gasteiger partial charge is 0.419 e. The molecule has 0 atom stereocenters. The van der Waals surface area contributed by atoms with Gasteiger partial charge in [0.15, 0.2) is 5.13 Å². The third-order valence-corrected chi connectivity index (χ3v) is 3.89. The number of nitrogens with zero attached hydrogens (tertiary/aromatic N) is 1. The average Bonchev–Trinajstić information content (AvgIpc) is 2.71. The second kappa shape index (κ2) is 5.63. The van der Waals surface area contributed by atoms with Crippen LogP contribution in [0.1, 0.15) is 41.5 Å². The van der Waals surface area contributed by atoms with E-state index in [1.165, 1.54) is 17.4 Å². The number of benzene rings is 1. The van der Waals surface area contributed by atoms with Crippen LogP contribution in [-0.2, 0) is 12.6 Å². The van der Waals surface area contributed by atoms with Crippen LogP contribution in [0.2, 0.25) is 0 Å². The molecule has 0 saturated heterocycles. The van der Waals surface area contributed by atoms with E-state index in [1.54, 1.807) is 0 Å².